The number of ketones is 1. The Balaban J connectivity index is 3.30. The molecular formula is C14H15F2INO3+. The first-order valence-corrected chi connectivity index (χ1v) is 7.24. The smallest absolute Gasteiger partial charge is 0.347 e. The van der Waals surface area contributed by atoms with E-state index in [1.54, 1.807) is 43.6 Å². The zero-order valence-corrected chi connectivity index (χ0v) is 14.0. The lowest BCUT2D eigenvalue weighted by atomic mass is 10.0. The second kappa shape index (κ2) is 7.60. The van der Waals surface area contributed by atoms with E-state index in [-0.39, 0.29) is 21.3 Å². The van der Waals surface area contributed by atoms with Crippen molar-refractivity contribution >= 4 is 34.3 Å². The molecule has 0 amide bonds. The molecule has 0 unspecified atom stereocenters. The van der Waals surface area contributed by atoms with E-state index in [0.29, 0.717) is 11.0 Å². The Bertz CT molecular complexity index is 600. The van der Waals surface area contributed by atoms with Crippen LogP contribution in [0.15, 0.2) is 23.9 Å². The maximum Gasteiger partial charge on any atom is 0.347 e. The van der Waals surface area contributed by atoms with E-state index < -0.39 is 23.4 Å². The number of esters is 1. The number of carbonyl (C=O) groups is 2. The molecule has 1 rings (SSSR count). The van der Waals surface area contributed by atoms with Gasteiger partial charge in [-0.15, -0.1) is 0 Å². The first-order valence-electron chi connectivity index (χ1n) is 6.16. The summed E-state index contributed by atoms with van der Waals surface area (Å²) in [6.07, 6.45) is 1.33. The third kappa shape index (κ3) is 4.57. The minimum Gasteiger partial charge on any atom is -0.462 e. The maximum atomic E-state index is 13.8. The minimum atomic E-state index is -1.01. The summed E-state index contributed by atoms with van der Waals surface area (Å²) >= 11 is 1.65. The van der Waals surface area contributed by atoms with Gasteiger partial charge >= 0.3 is 5.97 Å². The third-order valence-corrected chi connectivity index (χ3v) is 3.25. The van der Waals surface area contributed by atoms with E-state index in [1.807, 2.05) is 0 Å². The average Bonchev–Trinajstić information content (AvgIpc) is 2.39. The largest absolute Gasteiger partial charge is 0.462 e. The molecule has 1 aromatic carbocycles. The van der Waals surface area contributed by atoms with Crippen molar-refractivity contribution in [3.63, 3.8) is 0 Å². The summed E-state index contributed by atoms with van der Waals surface area (Å²) in [5.74, 6) is -3.43. The van der Waals surface area contributed by atoms with Gasteiger partial charge < -0.3 is 9.64 Å². The Hall–Kier alpha value is -1.35. The number of ether oxygens (including phenoxy) is 1. The molecule has 114 valence electrons. The van der Waals surface area contributed by atoms with E-state index in [4.69, 9.17) is 4.74 Å². The molecule has 0 bridgehead atoms. The molecule has 0 aromatic heterocycles. The number of quaternary nitrogens is 1. The number of halogens is 3. The molecule has 0 heterocycles. The molecule has 0 radical (unpaired) electrons. The fraction of sp³-hybridized carbons (Fsp3) is 0.286. The summed E-state index contributed by atoms with van der Waals surface area (Å²) in [5.41, 5.74) is -0.639. The highest BCUT2D eigenvalue weighted by atomic mass is 127. The van der Waals surface area contributed by atoms with Gasteiger partial charge in [-0.25, -0.2) is 13.6 Å². The van der Waals surface area contributed by atoms with Gasteiger partial charge in [0.05, 0.1) is 26.3 Å². The second-order valence-electron chi connectivity index (χ2n) is 4.43. The van der Waals surface area contributed by atoms with Crippen LogP contribution in [0, 0.1) is 15.2 Å². The fourth-order valence-electron chi connectivity index (χ4n) is 1.56. The van der Waals surface area contributed by atoms with Crippen LogP contribution in [0.3, 0.4) is 0 Å². The van der Waals surface area contributed by atoms with Gasteiger partial charge in [0, 0.05) is 9.64 Å². The minimum absolute atomic E-state index is 0.0929. The van der Waals surface area contributed by atoms with Gasteiger partial charge in [0.1, 0.15) is 17.8 Å². The van der Waals surface area contributed by atoms with E-state index in [2.05, 4.69) is 0 Å². The summed E-state index contributed by atoms with van der Waals surface area (Å²) in [6.45, 7) is 1.69. The van der Waals surface area contributed by atoms with Crippen molar-refractivity contribution in [3.8, 4) is 0 Å². The lowest BCUT2D eigenvalue weighted by molar-refractivity contribution is -0.801. The molecule has 0 aliphatic rings. The van der Waals surface area contributed by atoms with Crippen LogP contribution in [0.5, 0.6) is 0 Å². The van der Waals surface area contributed by atoms with Gasteiger partial charge in [-0.05, 0) is 35.6 Å². The number of hydrogen-bond acceptors (Lipinski definition) is 3. The molecule has 1 N–H and O–H groups in total. The van der Waals surface area contributed by atoms with Crippen molar-refractivity contribution in [1.29, 1.82) is 0 Å². The molecule has 0 atom stereocenters. The zero-order valence-electron chi connectivity index (χ0n) is 11.8. The Labute approximate surface area is 134 Å². The van der Waals surface area contributed by atoms with Crippen molar-refractivity contribution < 1.29 is 28.0 Å². The van der Waals surface area contributed by atoms with Crippen LogP contribution in [-0.4, -0.2) is 32.5 Å². The first kappa shape index (κ1) is 17.7. The highest BCUT2D eigenvalue weighted by Gasteiger charge is 2.26. The number of Topliss-reactive ketones (excluding diaryl/α,β-unsaturated/α-hetero) is 1. The van der Waals surface area contributed by atoms with Gasteiger partial charge in [0.15, 0.2) is 5.57 Å². The molecule has 0 saturated heterocycles. The first-order chi connectivity index (χ1) is 9.77. The van der Waals surface area contributed by atoms with E-state index in [0.717, 1.165) is 6.07 Å². The Morgan fingerprint density at radius 3 is 2.43 bits per heavy atom. The molecule has 0 fully saturated rings. The topological polar surface area (TPSA) is 47.8 Å². The molecule has 0 aliphatic carbocycles. The Morgan fingerprint density at radius 2 is 1.90 bits per heavy atom. The predicted molar refractivity (Wildman–Crippen MR) is 80.9 cm³/mol. The van der Waals surface area contributed by atoms with Crippen molar-refractivity contribution in [2.75, 3.05) is 20.7 Å². The summed E-state index contributed by atoms with van der Waals surface area (Å²) in [5, 5.41) is 0. The van der Waals surface area contributed by atoms with Gasteiger partial charge in [-0.3, -0.25) is 4.79 Å². The van der Waals surface area contributed by atoms with Crippen molar-refractivity contribution in [2.24, 2.45) is 0 Å². The lowest BCUT2D eigenvalue weighted by Gasteiger charge is -2.09. The lowest BCUT2D eigenvalue weighted by Crippen LogP contribution is -3.00. The fourth-order valence-corrected chi connectivity index (χ4v) is 2.02. The molecule has 0 aliphatic heterocycles. The zero-order chi connectivity index (χ0) is 16.2. The van der Waals surface area contributed by atoms with E-state index >= 15 is 0 Å². The number of carbonyl (C=O) groups excluding carboxylic acids is 2. The van der Waals surface area contributed by atoms with Gasteiger partial charge in [0.2, 0.25) is 5.78 Å². The Morgan fingerprint density at radius 1 is 1.29 bits per heavy atom. The standard InChI is InChI=1S/C14H14F2INO3/c1-4-21-14(20)9(7-18(2)3)13(19)8-5-12(17)11(16)6-10(8)15/h5-7H,4H2,1-3H3/p+1/b9-7-. The molecule has 0 spiro atoms. The van der Waals surface area contributed by atoms with Gasteiger partial charge in [-0.2, -0.15) is 0 Å². The normalized spacial score (nSPS) is 11.7. The number of rotatable bonds is 5. The molecule has 7 heteroatoms. The van der Waals surface area contributed by atoms with Crippen LogP contribution in [0.1, 0.15) is 17.3 Å². The molecular weight excluding hydrogens is 395 g/mol. The number of hydrogen-bond donors (Lipinski definition) is 1. The van der Waals surface area contributed by atoms with E-state index in [1.165, 1.54) is 6.20 Å². The predicted octanol–water partition coefficient (Wildman–Crippen LogP) is 1.34. The van der Waals surface area contributed by atoms with E-state index in [9.17, 15) is 18.4 Å². The van der Waals surface area contributed by atoms with Crippen molar-refractivity contribution in [2.45, 2.75) is 6.92 Å². The van der Waals surface area contributed by atoms with Gasteiger partial charge in [-0.1, -0.05) is 0 Å². The number of nitrogens with one attached hydrogen (secondary N) is 1. The maximum absolute atomic E-state index is 13.8. The molecule has 1 aromatic rings. The molecule has 4 nitrogen and oxygen atoms in total. The SMILES string of the molecule is CCOC(=O)/C(=C\[NH+](C)C)C(=O)c1cc(I)c(F)cc1F. The highest BCUT2D eigenvalue weighted by molar-refractivity contribution is 14.1. The van der Waals surface area contributed by atoms with Crippen LogP contribution in [0.25, 0.3) is 0 Å². The highest BCUT2D eigenvalue weighted by Crippen LogP contribution is 2.19. The summed E-state index contributed by atoms with van der Waals surface area (Å²) < 4.78 is 31.9. The van der Waals surface area contributed by atoms with Crippen LogP contribution in [0.2, 0.25) is 0 Å². The molecule has 0 saturated carbocycles. The van der Waals surface area contributed by atoms with Crippen LogP contribution < -0.4 is 4.90 Å². The van der Waals surface area contributed by atoms with Crippen LogP contribution in [-0.2, 0) is 9.53 Å². The summed E-state index contributed by atoms with van der Waals surface area (Å²) in [6, 6.07) is 1.70. The summed E-state index contributed by atoms with van der Waals surface area (Å²) in [7, 11) is 3.38. The quantitative estimate of drug-likeness (QED) is 0.152. The van der Waals surface area contributed by atoms with Crippen molar-refractivity contribution in [1.82, 2.24) is 0 Å². The monoisotopic (exact) mass is 410 g/mol. The van der Waals surface area contributed by atoms with Crippen molar-refractivity contribution in [3.05, 3.63) is 44.7 Å². The van der Waals surface area contributed by atoms with Crippen LogP contribution >= 0.6 is 22.6 Å². The van der Waals surface area contributed by atoms with Crippen LogP contribution in [0.4, 0.5) is 8.78 Å². The second-order valence-corrected chi connectivity index (χ2v) is 5.59. The Kier molecular flexibility index (Phi) is 6.41. The van der Waals surface area contributed by atoms with Gasteiger partial charge in [0.25, 0.3) is 0 Å². The average molecular weight is 410 g/mol. The third-order valence-electron chi connectivity index (χ3n) is 2.43. The molecule has 21 heavy (non-hydrogen) atoms. The summed E-state index contributed by atoms with van der Waals surface area (Å²) in [4.78, 5) is 24.9. The number of benzene rings is 1.